The minimum atomic E-state index is 0.0717. The van der Waals surface area contributed by atoms with Gasteiger partial charge in [0, 0.05) is 35.6 Å². The van der Waals surface area contributed by atoms with Crippen molar-refractivity contribution in [1.82, 2.24) is 9.97 Å². The van der Waals surface area contributed by atoms with Crippen LogP contribution in [-0.4, -0.2) is 28.3 Å². The highest BCUT2D eigenvalue weighted by Gasteiger charge is 2.23. The van der Waals surface area contributed by atoms with E-state index in [-0.39, 0.29) is 5.78 Å². The normalized spacial score (nSPS) is 17.4. The van der Waals surface area contributed by atoms with Crippen LogP contribution in [0.5, 0.6) is 0 Å². The van der Waals surface area contributed by atoms with Gasteiger partial charge in [-0.2, -0.15) is 4.98 Å². The summed E-state index contributed by atoms with van der Waals surface area (Å²) in [5, 5.41) is 3.33. The maximum atomic E-state index is 11.4. The van der Waals surface area contributed by atoms with Crippen LogP contribution in [0, 0.1) is 6.92 Å². The Morgan fingerprint density at radius 2 is 2.00 bits per heavy atom. The third-order valence-electron chi connectivity index (χ3n) is 4.76. The number of anilines is 3. The van der Waals surface area contributed by atoms with Crippen LogP contribution in [0.15, 0.2) is 30.3 Å². The molecule has 1 aliphatic heterocycles. The molecule has 1 unspecified atom stereocenters. The van der Waals surface area contributed by atoms with E-state index in [1.54, 1.807) is 6.92 Å². The van der Waals surface area contributed by atoms with E-state index >= 15 is 0 Å². The average Bonchev–Trinajstić information content (AvgIpc) is 2.61. The first-order valence-electron chi connectivity index (χ1n) is 9.07. The third kappa shape index (κ3) is 4.16. The Hall–Kier alpha value is -2.43. The Balaban J connectivity index is 1.82. The van der Waals surface area contributed by atoms with Gasteiger partial charge in [-0.05, 0) is 63.8 Å². The second kappa shape index (κ2) is 7.64. The molecular weight excluding hydrogens is 312 g/mol. The zero-order valence-electron chi connectivity index (χ0n) is 15.2. The monoisotopic (exact) mass is 338 g/mol. The highest BCUT2D eigenvalue weighted by atomic mass is 16.1. The lowest BCUT2D eigenvalue weighted by atomic mass is 10.0. The Labute approximate surface area is 149 Å². The number of Topliss-reactive ketones (excluding diaryl/α,β-unsaturated/α-hetero) is 1. The number of aromatic nitrogens is 2. The van der Waals surface area contributed by atoms with Gasteiger partial charge in [-0.15, -0.1) is 0 Å². The van der Waals surface area contributed by atoms with E-state index in [1.165, 1.54) is 19.3 Å². The number of piperidine rings is 1. The smallest absolute Gasteiger partial charge is 0.227 e. The van der Waals surface area contributed by atoms with Crippen LogP contribution in [0.2, 0.25) is 0 Å². The maximum Gasteiger partial charge on any atom is 0.227 e. The molecule has 1 fully saturated rings. The zero-order chi connectivity index (χ0) is 17.8. The fraction of sp³-hybridized carbons (Fsp3) is 0.450. The lowest BCUT2D eigenvalue weighted by Gasteiger charge is -2.35. The number of hydrogen-bond donors (Lipinski definition) is 1. The van der Waals surface area contributed by atoms with Gasteiger partial charge in [0.25, 0.3) is 0 Å². The number of rotatable bonds is 5. The molecule has 3 rings (SSSR count). The molecule has 0 bridgehead atoms. The molecule has 1 aromatic heterocycles. The molecule has 0 aliphatic carbocycles. The lowest BCUT2D eigenvalue weighted by molar-refractivity contribution is 0.101. The van der Waals surface area contributed by atoms with Crippen molar-refractivity contribution >= 4 is 23.2 Å². The van der Waals surface area contributed by atoms with Crippen LogP contribution in [0.1, 0.15) is 55.6 Å². The van der Waals surface area contributed by atoms with Crippen molar-refractivity contribution in [2.45, 2.75) is 52.5 Å². The number of nitrogens with zero attached hydrogens (tertiary/aromatic N) is 3. The molecule has 2 heterocycles. The molecule has 1 N–H and O–H groups in total. The molecule has 5 heteroatoms. The summed E-state index contributed by atoms with van der Waals surface area (Å²) in [5.41, 5.74) is 2.58. The predicted octanol–water partition coefficient (Wildman–Crippen LogP) is 4.50. The largest absolute Gasteiger partial charge is 0.340 e. The number of hydrogen-bond acceptors (Lipinski definition) is 5. The van der Waals surface area contributed by atoms with Crippen molar-refractivity contribution in [2.24, 2.45) is 0 Å². The molecule has 1 saturated heterocycles. The summed E-state index contributed by atoms with van der Waals surface area (Å²) < 4.78 is 0. The zero-order valence-corrected chi connectivity index (χ0v) is 15.2. The molecule has 0 amide bonds. The minimum Gasteiger partial charge on any atom is -0.340 e. The fourth-order valence-electron chi connectivity index (χ4n) is 3.37. The molecule has 25 heavy (non-hydrogen) atoms. The van der Waals surface area contributed by atoms with Crippen molar-refractivity contribution in [3.05, 3.63) is 41.6 Å². The highest BCUT2D eigenvalue weighted by Crippen LogP contribution is 2.26. The van der Waals surface area contributed by atoms with Gasteiger partial charge >= 0.3 is 0 Å². The molecule has 1 aromatic carbocycles. The molecule has 2 aromatic rings. The number of ketones is 1. The van der Waals surface area contributed by atoms with Crippen LogP contribution >= 0.6 is 0 Å². The van der Waals surface area contributed by atoms with Crippen LogP contribution in [0.4, 0.5) is 17.5 Å². The standard InChI is InChI=1S/C20H26N4O/c1-4-18-7-5-6-12-24(18)20-21-14(2)13-19(23-20)22-17-10-8-16(9-11-17)15(3)25/h8-11,13,18H,4-7,12H2,1-3H3,(H,21,22,23). The summed E-state index contributed by atoms with van der Waals surface area (Å²) in [4.78, 5) is 23.1. The average molecular weight is 338 g/mol. The molecule has 5 nitrogen and oxygen atoms in total. The Morgan fingerprint density at radius 1 is 1.24 bits per heavy atom. The molecule has 0 spiro atoms. The lowest BCUT2D eigenvalue weighted by Crippen LogP contribution is -2.40. The molecule has 1 aliphatic rings. The number of carbonyl (C=O) groups excluding carboxylic acids is 1. The Bertz CT molecular complexity index is 742. The SMILES string of the molecule is CCC1CCCCN1c1nc(C)cc(Nc2ccc(C(C)=O)cc2)n1. The number of aryl methyl sites for hydroxylation is 1. The van der Waals surface area contributed by atoms with E-state index in [0.29, 0.717) is 11.6 Å². The first kappa shape index (κ1) is 17.4. The highest BCUT2D eigenvalue weighted by molar-refractivity contribution is 5.94. The van der Waals surface area contributed by atoms with Crippen molar-refractivity contribution in [1.29, 1.82) is 0 Å². The maximum absolute atomic E-state index is 11.4. The van der Waals surface area contributed by atoms with Gasteiger partial charge in [0.2, 0.25) is 5.95 Å². The van der Waals surface area contributed by atoms with Gasteiger partial charge in [0.05, 0.1) is 0 Å². The summed E-state index contributed by atoms with van der Waals surface area (Å²) >= 11 is 0. The third-order valence-corrected chi connectivity index (χ3v) is 4.76. The van der Waals surface area contributed by atoms with Crippen molar-refractivity contribution in [3.63, 3.8) is 0 Å². The second-order valence-corrected chi connectivity index (χ2v) is 6.70. The molecule has 1 atom stereocenters. The number of nitrogens with one attached hydrogen (secondary N) is 1. The molecular formula is C20H26N4O. The van der Waals surface area contributed by atoms with Crippen LogP contribution < -0.4 is 10.2 Å². The minimum absolute atomic E-state index is 0.0717. The van der Waals surface area contributed by atoms with E-state index in [0.717, 1.165) is 36.1 Å². The van der Waals surface area contributed by atoms with Gasteiger partial charge < -0.3 is 10.2 Å². The quantitative estimate of drug-likeness (QED) is 0.813. The Morgan fingerprint density at radius 3 is 2.68 bits per heavy atom. The van der Waals surface area contributed by atoms with Crippen LogP contribution in [-0.2, 0) is 0 Å². The van der Waals surface area contributed by atoms with E-state index in [2.05, 4.69) is 22.1 Å². The van der Waals surface area contributed by atoms with Gasteiger partial charge in [0.15, 0.2) is 5.78 Å². The molecule has 132 valence electrons. The summed E-state index contributed by atoms with van der Waals surface area (Å²) in [7, 11) is 0. The van der Waals surface area contributed by atoms with E-state index in [1.807, 2.05) is 37.3 Å². The van der Waals surface area contributed by atoms with Gasteiger partial charge in [0.1, 0.15) is 5.82 Å². The van der Waals surface area contributed by atoms with Gasteiger partial charge in [-0.25, -0.2) is 4.98 Å². The van der Waals surface area contributed by atoms with Crippen molar-refractivity contribution < 1.29 is 4.79 Å². The van der Waals surface area contributed by atoms with Gasteiger partial charge in [-0.1, -0.05) is 6.92 Å². The second-order valence-electron chi connectivity index (χ2n) is 6.70. The van der Waals surface area contributed by atoms with E-state index in [9.17, 15) is 4.79 Å². The molecule has 0 radical (unpaired) electrons. The first-order chi connectivity index (χ1) is 12.1. The summed E-state index contributed by atoms with van der Waals surface area (Å²) in [6, 6.07) is 9.95. The first-order valence-corrected chi connectivity index (χ1v) is 9.07. The molecule has 0 saturated carbocycles. The van der Waals surface area contributed by atoms with Crippen LogP contribution in [0.25, 0.3) is 0 Å². The number of carbonyl (C=O) groups is 1. The van der Waals surface area contributed by atoms with Crippen molar-refractivity contribution in [3.8, 4) is 0 Å². The fourth-order valence-corrected chi connectivity index (χ4v) is 3.37. The van der Waals surface area contributed by atoms with Crippen LogP contribution in [0.3, 0.4) is 0 Å². The topological polar surface area (TPSA) is 58.1 Å². The summed E-state index contributed by atoms with van der Waals surface area (Å²) in [6.07, 6.45) is 4.81. The summed E-state index contributed by atoms with van der Waals surface area (Å²) in [6.45, 7) is 6.83. The predicted molar refractivity (Wildman–Crippen MR) is 102 cm³/mol. The summed E-state index contributed by atoms with van der Waals surface area (Å²) in [5.74, 6) is 1.68. The number of benzene rings is 1. The Kier molecular flexibility index (Phi) is 5.31. The van der Waals surface area contributed by atoms with E-state index in [4.69, 9.17) is 4.98 Å². The van der Waals surface area contributed by atoms with E-state index < -0.39 is 0 Å². The van der Waals surface area contributed by atoms with Gasteiger partial charge in [-0.3, -0.25) is 4.79 Å². The van der Waals surface area contributed by atoms with Crippen molar-refractivity contribution in [2.75, 3.05) is 16.8 Å².